The van der Waals surface area contributed by atoms with Gasteiger partial charge in [0.15, 0.2) is 0 Å². The smallest absolute Gasteiger partial charge is 0.410 e. The molecule has 28 heavy (non-hydrogen) atoms. The van der Waals surface area contributed by atoms with Gasteiger partial charge in [-0.1, -0.05) is 30.3 Å². The van der Waals surface area contributed by atoms with Gasteiger partial charge < -0.3 is 14.5 Å². The number of carbonyl (C=O) groups is 1. The molecule has 4 rings (SSSR count). The van der Waals surface area contributed by atoms with E-state index in [9.17, 15) is 4.79 Å². The number of pyridine rings is 1. The number of anilines is 1. The molecule has 0 saturated carbocycles. The fourth-order valence-corrected chi connectivity index (χ4v) is 4.33. The summed E-state index contributed by atoms with van der Waals surface area (Å²) in [5.41, 5.74) is 3.33. The molecule has 2 aliphatic rings. The van der Waals surface area contributed by atoms with Gasteiger partial charge in [-0.15, -0.1) is 0 Å². The van der Waals surface area contributed by atoms with Crippen LogP contribution in [0, 0.1) is 6.92 Å². The molecule has 1 aromatic heterocycles. The maximum absolute atomic E-state index is 12.8. The number of aromatic nitrogens is 1. The minimum Gasteiger partial charge on any atom is -0.445 e. The molecule has 1 atom stereocenters. The van der Waals surface area contributed by atoms with Gasteiger partial charge in [0.1, 0.15) is 12.4 Å². The number of rotatable bonds is 4. The molecule has 1 amide bonds. The van der Waals surface area contributed by atoms with Gasteiger partial charge in [0.05, 0.1) is 6.04 Å². The van der Waals surface area contributed by atoms with E-state index in [0.29, 0.717) is 6.61 Å². The molecule has 0 radical (unpaired) electrons. The Balaban J connectivity index is 1.47. The van der Waals surface area contributed by atoms with Crippen molar-refractivity contribution in [1.29, 1.82) is 0 Å². The first-order valence-corrected chi connectivity index (χ1v) is 10.4. The third-order valence-corrected chi connectivity index (χ3v) is 5.80. The largest absolute Gasteiger partial charge is 0.445 e. The molecule has 5 heteroatoms. The fourth-order valence-electron chi connectivity index (χ4n) is 4.33. The van der Waals surface area contributed by atoms with Crippen LogP contribution < -0.4 is 4.90 Å². The summed E-state index contributed by atoms with van der Waals surface area (Å²) in [5, 5.41) is 0. The van der Waals surface area contributed by atoms with E-state index in [1.807, 2.05) is 41.4 Å². The van der Waals surface area contributed by atoms with Crippen molar-refractivity contribution in [3.63, 3.8) is 0 Å². The summed E-state index contributed by atoms with van der Waals surface area (Å²) in [4.78, 5) is 21.8. The van der Waals surface area contributed by atoms with Gasteiger partial charge in [-0.2, -0.15) is 0 Å². The minimum absolute atomic E-state index is 0.0517. The number of carbonyl (C=O) groups excluding carboxylic acids is 1. The van der Waals surface area contributed by atoms with Crippen molar-refractivity contribution in [1.82, 2.24) is 9.88 Å². The number of benzene rings is 1. The highest BCUT2D eigenvalue weighted by molar-refractivity contribution is 5.68. The van der Waals surface area contributed by atoms with Gasteiger partial charge in [-0.3, -0.25) is 0 Å². The standard InChI is InChI=1S/C23H29N3O2/c1-18-15-20(16-24-22(18)25-12-7-8-13-25)21-11-5-6-14-26(21)23(27)28-17-19-9-3-2-4-10-19/h2-4,9-10,15-16,21H,5-8,11-14,17H2,1H3/t21-/m1/s1. The fraction of sp³-hybridized carbons (Fsp3) is 0.478. The quantitative estimate of drug-likeness (QED) is 0.761. The summed E-state index contributed by atoms with van der Waals surface area (Å²) in [5.74, 6) is 1.09. The van der Waals surface area contributed by atoms with E-state index in [1.165, 1.54) is 18.4 Å². The number of hydrogen-bond donors (Lipinski definition) is 0. The second-order valence-corrected chi connectivity index (χ2v) is 7.85. The summed E-state index contributed by atoms with van der Waals surface area (Å²) in [6.07, 6.45) is 7.34. The summed E-state index contributed by atoms with van der Waals surface area (Å²) in [6, 6.07) is 12.1. The molecule has 0 unspecified atom stereocenters. The SMILES string of the molecule is Cc1cc([C@H]2CCCCN2C(=O)OCc2ccccc2)cnc1N1CCCC1. The average molecular weight is 380 g/mol. The number of hydrogen-bond acceptors (Lipinski definition) is 4. The maximum Gasteiger partial charge on any atom is 0.410 e. The molecule has 2 aliphatic heterocycles. The Morgan fingerprint density at radius 1 is 1.11 bits per heavy atom. The van der Waals surface area contributed by atoms with E-state index in [-0.39, 0.29) is 12.1 Å². The van der Waals surface area contributed by atoms with Crippen LogP contribution in [0.2, 0.25) is 0 Å². The van der Waals surface area contributed by atoms with Crippen LogP contribution in [-0.2, 0) is 11.3 Å². The van der Waals surface area contributed by atoms with Crippen LogP contribution in [0.1, 0.15) is 54.8 Å². The van der Waals surface area contributed by atoms with Gasteiger partial charge in [0.2, 0.25) is 0 Å². The van der Waals surface area contributed by atoms with Crippen molar-refractivity contribution in [3.8, 4) is 0 Å². The lowest BCUT2D eigenvalue weighted by atomic mass is 9.96. The highest BCUT2D eigenvalue weighted by Gasteiger charge is 2.30. The molecule has 148 valence electrons. The molecule has 0 bridgehead atoms. The van der Waals surface area contributed by atoms with Gasteiger partial charge >= 0.3 is 6.09 Å². The van der Waals surface area contributed by atoms with Crippen molar-refractivity contribution in [2.75, 3.05) is 24.5 Å². The number of piperidine rings is 1. The summed E-state index contributed by atoms with van der Waals surface area (Å²) < 4.78 is 5.61. The lowest BCUT2D eigenvalue weighted by molar-refractivity contribution is 0.0678. The summed E-state index contributed by atoms with van der Waals surface area (Å²) in [7, 11) is 0. The van der Waals surface area contributed by atoms with E-state index >= 15 is 0 Å². The Morgan fingerprint density at radius 3 is 2.61 bits per heavy atom. The second kappa shape index (κ2) is 8.63. The average Bonchev–Trinajstić information content (AvgIpc) is 3.27. The molecule has 2 aromatic rings. The van der Waals surface area contributed by atoms with E-state index in [0.717, 1.165) is 55.8 Å². The third kappa shape index (κ3) is 4.13. The van der Waals surface area contributed by atoms with Crippen LogP contribution in [0.5, 0.6) is 0 Å². The Bertz CT molecular complexity index is 803. The molecule has 2 saturated heterocycles. The van der Waals surface area contributed by atoms with Crippen LogP contribution in [0.15, 0.2) is 42.6 Å². The first-order chi connectivity index (χ1) is 13.7. The Kier molecular flexibility index (Phi) is 5.79. The normalized spacial score (nSPS) is 19.7. The highest BCUT2D eigenvalue weighted by Crippen LogP contribution is 2.33. The number of amides is 1. The number of aryl methyl sites for hydroxylation is 1. The van der Waals surface area contributed by atoms with E-state index in [1.54, 1.807) is 0 Å². The lowest BCUT2D eigenvalue weighted by Crippen LogP contribution is -2.39. The summed E-state index contributed by atoms with van der Waals surface area (Å²) in [6.45, 7) is 5.37. The van der Waals surface area contributed by atoms with E-state index < -0.39 is 0 Å². The van der Waals surface area contributed by atoms with E-state index in [4.69, 9.17) is 9.72 Å². The molecule has 0 spiro atoms. The van der Waals surface area contributed by atoms with Crippen LogP contribution in [0.25, 0.3) is 0 Å². The van der Waals surface area contributed by atoms with Crippen LogP contribution >= 0.6 is 0 Å². The maximum atomic E-state index is 12.8. The van der Waals surface area contributed by atoms with Crippen LogP contribution in [0.4, 0.5) is 10.6 Å². The molecule has 5 nitrogen and oxygen atoms in total. The molecular weight excluding hydrogens is 350 g/mol. The minimum atomic E-state index is -0.227. The molecule has 1 aromatic carbocycles. The van der Waals surface area contributed by atoms with Crippen LogP contribution in [0.3, 0.4) is 0 Å². The first-order valence-electron chi connectivity index (χ1n) is 10.4. The van der Waals surface area contributed by atoms with Gasteiger partial charge in [-0.05, 0) is 61.8 Å². The molecule has 0 aliphatic carbocycles. The monoisotopic (exact) mass is 379 g/mol. The Labute approximate surface area is 167 Å². The number of nitrogens with zero attached hydrogens (tertiary/aromatic N) is 3. The Morgan fingerprint density at radius 2 is 1.86 bits per heavy atom. The highest BCUT2D eigenvalue weighted by atomic mass is 16.6. The second-order valence-electron chi connectivity index (χ2n) is 7.85. The zero-order valence-corrected chi connectivity index (χ0v) is 16.6. The lowest BCUT2D eigenvalue weighted by Gasteiger charge is -2.35. The van der Waals surface area contributed by atoms with Gasteiger partial charge in [0.25, 0.3) is 0 Å². The van der Waals surface area contributed by atoms with Gasteiger partial charge in [-0.25, -0.2) is 9.78 Å². The molecule has 2 fully saturated rings. The van der Waals surface area contributed by atoms with Crippen molar-refractivity contribution in [3.05, 3.63) is 59.3 Å². The number of likely N-dealkylation sites (tertiary alicyclic amines) is 1. The van der Waals surface area contributed by atoms with E-state index in [2.05, 4.69) is 17.9 Å². The molecule has 3 heterocycles. The zero-order valence-electron chi connectivity index (χ0n) is 16.6. The predicted molar refractivity (Wildman–Crippen MR) is 110 cm³/mol. The molecule has 0 N–H and O–H groups in total. The zero-order chi connectivity index (χ0) is 19.3. The van der Waals surface area contributed by atoms with Crippen molar-refractivity contribution < 1.29 is 9.53 Å². The Hall–Kier alpha value is -2.56. The topological polar surface area (TPSA) is 45.7 Å². The van der Waals surface area contributed by atoms with Gasteiger partial charge in [0, 0.05) is 25.8 Å². The van der Waals surface area contributed by atoms with Crippen LogP contribution in [-0.4, -0.2) is 35.6 Å². The third-order valence-electron chi connectivity index (χ3n) is 5.80. The van der Waals surface area contributed by atoms with Crippen molar-refractivity contribution >= 4 is 11.9 Å². The first kappa shape index (κ1) is 18.8. The van der Waals surface area contributed by atoms with Crippen molar-refractivity contribution in [2.45, 2.75) is 51.7 Å². The summed E-state index contributed by atoms with van der Waals surface area (Å²) >= 11 is 0. The number of ether oxygens (including phenoxy) is 1. The molecular formula is C23H29N3O2. The predicted octanol–water partition coefficient (Wildman–Crippen LogP) is 4.85. The van der Waals surface area contributed by atoms with Crippen molar-refractivity contribution in [2.24, 2.45) is 0 Å².